The van der Waals surface area contributed by atoms with Crippen molar-refractivity contribution in [1.82, 2.24) is 4.98 Å². The standard InChI is InChI=1S/C16H14N2O2/c17-11-13-7-8-14(18-16(13)20)10-15(19)9-6-12-4-2-1-3-5-12/h1-9,15,19H,10H2,(H,18,20)/b9-6+. The van der Waals surface area contributed by atoms with Crippen LogP contribution in [-0.4, -0.2) is 16.2 Å². The van der Waals surface area contributed by atoms with Gasteiger partial charge in [0.1, 0.15) is 11.6 Å². The number of nitrogens with one attached hydrogen (secondary N) is 1. The Morgan fingerprint density at radius 2 is 2.00 bits per heavy atom. The highest BCUT2D eigenvalue weighted by molar-refractivity contribution is 5.49. The Morgan fingerprint density at radius 1 is 1.25 bits per heavy atom. The number of nitriles is 1. The molecule has 0 radical (unpaired) electrons. The Balaban J connectivity index is 2.03. The Bertz CT molecular complexity index is 696. The van der Waals surface area contributed by atoms with Gasteiger partial charge in [-0.25, -0.2) is 0 Å². The summed E-state index contributed by atoms with van der Waals surface area (Å²) < 4.78 is 0. The molecular weight excluding hydrogens is 252 g/mol. The van der Waals surface area contributed by atoms with Crippen molar-refractivity contribution in [2.45, 2.75) is 12.5 Å². The summed E-state index contributed by atoms with van der Waals surface area (Å²) in [5, 5.41) is 18.6. The van der Waals surface area contributed by atoms with E-state index in [1.807, 2.05) is 36.4 Å². The van der Waals surface area contributed by atoms with E-state index in [9.17, 15) is 9.90 Å². The van der Waals surface area contributed by atoms with Gasteiger partial charge in [0.2, 0.25) is 0 Å². The molecule has 0 fully saturated rings. The van der Waals surface area contributed by atoms with Crippen molar-refractivity contribution in [3.63, 3.8) is 0 Å². The first-order valence-corrected chi connectivity index (χ1v) is 6.22. The average Bonchev–Trinajstić information content (AvgIpc) is 2.46. The zero-order chi connectivity index (χ0) is 14.4. The zero-order valence-corrected chi connectivity index (χ0v) is 10.8. The van der Waals surface area contributed by atoms with E-state index in [4.69, 9.17) is 5.26 Å². The third-order valence-corrected chi connectivity index (χ3v) is 2.83. The van der Waals surface area contributed by atoms with E-state index in [0.29, 0.717) is 12.1 Å². The maximum absolute atomic E-state index is 11.5. The predicted molar refractivity (Wildman–Crippen MR) is 77.0 cm³/mol. The van der Waals surface area contributed by atoms with E-state index in [0.717, 1.165) is 5.56 Å². The summed E-state index contributed by atoms with van der Waals surface area (Å²) in [4.78, 5) is 14.0. The van der Waals surface area contributed by atoms with E-state index >= 15 is 0 Å². The lowest BCUT2D eigenvalue weighted by Gasteiger charge is -2.05. The van der Waals surface area contributed by atoms with Gasteiger partial charge in [-0.1, -0.05) is 42.5 Å². The van der Waals surface area contributed by atoms with Gasteiger partial charge in [-0.3, -0.25) is 4.79 Å². The van der Waals surface area contributed by atoms with Crippen LogP contribution >= 0.6 is 0 Å². The van der Waals surface area contributed by atoms with Gasteiger partial charge < -0.3 is 10.1 Å². The molecule has 1 aromatic heterocycles. The SMILES string of the molecule is N#Cc1ccc(CC(O)/C=C/c2ccccc2)[nH]c1=O. The molecule has 20 heavy (non-hydrogen) atoms. The molecule has 1 heterocycles. The first-order valence-electron chi connectivity index (χ1n) is 6.22. The van der Waals surface area contributed by atoms with Crippen molar-refractivity contribution in [3.05, 3.63) is 75.7 Å². The number of pyridine rings is 1. The van der Waals surface area contributed by atoms with Gasteiger partial charge in [0.15, 0.2) is 0 Å². The average molecular weight is 266 g/mol. The fourth-order valence-corrected chi connectivity index (χ4v) is 1.80. The van der Waals surface area contributed by atoms with Crippen LogP contribution in [0.15, 0.2) is 53.3 Å². The lowest BCUT2D eigenvalue weighted by molar-refractivity contribution is 0.223. The minimum Gasteiger partial charge on any atom is -0.389 e. The molecule has 100 valence electrons. The van der Waals surface area contributed by atoms with Crippen LogP contribution in [0.4, 0.5) is 0 Å². The van der Waals surface area contributed by atoms with Gasteiger partial charge >= 0.3 is 0 Å². The molecule has 2 aromatic rings. The summed E-state index contributed by atoms with van der Waals surface area (Å²) in [5.41, 5.74) is 1.24. The molecule has 1 atom stereocenters. The van der Waals surface area contributed by atoms with Gasteiger partial charge in [-0.05, 0) is 17.7 Å². The quantitative estimate of drug-likeness (QED) is 0.886. The van der Waals surface area contributed by atoms with E-state index < -0.39 is 11.7 Å². The van der Waals surface area contributed by atoms with Crippen molar-refractivity contribution in [1.29, 1.82) is 5.26 Å². The van der Waals surface area contributed by atoms with Crippen LogP contribution in [0.5, 0.6) is 0 Å². The van der Waals surface area contributed by atoms with Gasteiger partial charge in [-0.2, -0.15) is 5.26 Å². The minimum atomic E-state index is -0.696. The van der Waals surface area contributed by atoms with Gasteiger partial charge in [0.05, 0.1) is 6.10 Å². The van der Waals surface area contributed by atoms with E-state index in [2.05, 4.69) is 4.98 Å². The van der Waals surface area contributed by atoms with E-state index in [-0.39, 0.29) is 5.56 Å². The first kappa shape index (κ1) is 13.8. The molecule has 1 unspecified atom stereocenters. The second-order valence-electron chi connectivity index (χ2n) is 4.38. The molecule has 0 aliphatic heterocycles. The van der Waals surface area contributed by atoms with Gasteiger partial charge in [0, 0.05) is 12.1 Å². The Hall–Kier alpha value is -2.64. The summed E-state index contributed by atoms with van der Waals surface area (Å²) >= 11 is 0. The minimum absolute atomic E-state index is 0.0723. The van der Waals surface area contributed by atoms with E-state index in [1.54, 1.807) is 18.2 Å². The summed E-state index contributed by atoms with van der Waals surface area (Å²) in [5.74, 6) is 0. The molecule has 0 saturated carbocycles. The van der Waals surface area contributed by atoms with Crippen LogP contribution in [0.1, 0.15) is 16.8 Å². The lowest BCUT2D eigenvalue weighted by Crippen LogP contribution is -2.15. The number of aromatic amines is 1. The van der Waals surface area contributed by atoms with Crippen LogP contribution in [0.2, 0.25) is 0 Å². The molecule has 0 spiro atoms. The van der Waals surface area contributed by atoms with Crippen LogP contribution in [-0.2, 0) is 6.42 Å². The first-order chi connectivity index (χ1) is 9.69. The number of aromatic nitrogens is 1. The molecule has 4 nitrogen and oxygen atoms in total. The number of aliphatic hydroxyl groups excluding tert-OH is 1. The third kappa shape index (κ3) is 3.67. The Labute approximate surface area is 116 Å². The molecule has 0 aliphatic rings. The summed E-state index contributed by atoms with van der Waals surface area (Å²) in [7, 11) is 0. The number of hydrogen-bond acceptors (Lipinski definition) is 3. The highest BCUT2D eigenvalue weighted by Crippen LogP contribution is 2.05. The van der Waals surface area contributed by atoms with Crippen LogP contribution < -0.4 is 5.56 Å². The smallest absolute Gasteiger partial charge is 0.266 e. The fourth-order valence-electron chi connectivity index (χ4n) is 1.80. The monoisotopic (exact) mass is 266 g/mol. The third-order valence-electron chi connectivity index (χ3n) is 2.83. The number of nitrogens with zero attached hydrogens (tertiary/aromatic N) is 1. The van der Waals surface area contributed by atoms with Crippen LogP contribution in [0.3, 0.4) is 0 Å². The Morgan fingerprint density at radius 3 is 2.65 bits per heavy atom. The lowest BCUT2D eigenvalue weighted by atomic mass is 10.1. The van der Waals surface area contributed by atoms with Crippen LogP contribution in [0.25, 0.3) is 6.08 Å². The largest absolute Gasteiger partial charge is 0.389 e. The van der Waals surface area contributed by atoms with E-state index in [1.165, 1.54) is 6.07 Å². The number of aliphatic hydroxyl groups is 1. The number of H-pyrrole nitrogens is 1. The van der Waals surface area contributed by atoms with Crippen molar-refractivity contribution in [2.75, 3.05) is 0 Å². The van der Waals surface area contributed by atoms with Crippen molar-refractivity contribution in [3.8, 4) is 6.07 Å². The normalized spacial score (nSPS) is 12.2. The molecule has 0 amide bonds. The van der Waals surface area contributed by atoms with Crippen molar-refractivity contribution < 1.29 is 5.11 Å². The number of rotatable bonds is 4. The summed E-state index contributed by atoms with van der Waals surface area (Å²) in [6.07, 6.45) is 3.10. The molecule has 0 bridgehead atoms. The highest BCUT2D eigenvalue weighted by atomic mass is 16.3. The second-order valence-corrected chi connectivity index (χ2v) is 4.38. The summed E-state index contributed by atoms with van der Waals surface area (Å²) in [6.45, 7) is 0. The molecule has 0 saturated heterocycles. The van der Waals surface area contributed by atoms with Crippen LogP contribution in [0, 0.1) is 11.3 Å². The molecule has 2 N–H and O–H groups in total. The topological polar surface area (TPSA) is 76.9 Å². The highest BCUT2D eigenvalue weighted by Gasteiger charge is 2.04. The molecule has 1 aromatic carbocycles. The molecule has 4 heteroatoms. The zero-order valence-electron chi connectivity index (χ0n) is 10.8. The fraction of sp³-hybridized carbons (Fsp3) is 0.125. The second kappa shape index (κ2) is 6.50. The van der Waals surface area contributed by atoms with Gasteiger partial charge in [-0.15, -0.1) is 0 Å². The van der Waals surface area contributed by atoms with Gasteiger partial charge in [0.25, 0.3) is 5.56 Å². The molecule has 0 aliphatic carbocycles. The predicted octanol–water partition coefficient (Wildman–Crippen LogP) is 1.86. The summed E-state index contributed by atoms with van der Waals surface area (Å²) in [6, 6.07) is 14.5. The molecular formula is C16H14N2O2. The maximum Gasteiger partial charge on any atom is 0.266 e. The number of hydrogen-bond donors (Lipinski definition) is 2. The van der Waals surface area contributed by atoms with Crippen molar-refractivity contribution in [2.24, 2.45) is 0 Å². The molecule has 2 rings (SSSR count). The maximum atomic E-state index is 11.5. The van der Waals surface area contributed by atoms with Crippen molar-refractivity contribution >= 4 is 6.08 Å². The number of benzene rings is 1. The Kier molecular flexibility index (Phi) is 4.48.